The first-order chi connectivity index (χ1) is 30.5. The third kappa shape index (κ3) is 21.6. The predicted molar refractivity (Wildman–Crippen MR) is 263 cm³/mol. The number of aliphatic hydroxyl groups excluding tert-OH is 2. The van der Waals surface area contributed by atoms with Crippen molar-refractivity contribution in [3.05, 3.63) is 102 Å². The van der Waals surface area contributed by atoms with Gasteiger partial charge in [-0.05, 0) is 94.9 Å². The molecule has 2 atom stereocenters. The van der Waals surface area contributed by atoms with E-state index in [2.05, 4.69) is 60.0 Å². The van der Waals surface area contributed by atoms with Gasteiger partial charge in [-0.15, -0.1) is 0 Å². The molecule has 1 aromatic heterocycles. The highest BCUT2D eigenvalue weighted by Gasteiger charge is 2.31. The molecule has 0 saturated heterocycles. The number of aliphatic hydroxyl groups is 2. The number of nitrogens with one attached hydrogen (secondary N) is 3. The zero-order valence-electron chi connectivity index (χ0n) is 39.7. The summed E-state index contributed by atoms with van der Waals surface area (Å²) in [6.45, 7) is 17.9. The first kappa shape index (κ1) is 54.6. The van der Waals surface area contributed by atoms with Crippen molar-refractivity contribution in [3.8, 4) is 0 Å². The maximum atomic E-state index is 14.2. The van der Waals surface area contributed by atoms with Gasteiger partial charge in [0.1, 0.15) is 0 Å². The smallest absolute Gasteiger partial charge is 0.258 e. The monoisotopic (exact) mass is 871 g/mol. The number of anilines is 1. The lowest BCUT2D eigenvalue weighted by molar-refractivity contribution is -0.123. The van der Waals surface area contributed by atoms with Crippen LogP contribution in [0.5, 0.6) is 0 Å². The van der Waals surface area contributed by atoms with Crippen molar-refractivity contribution in [2.75, 3.05) is 31.6 Å². The highest BCUT2D eigenvalue weighted by atomic mass is 16.5. The minimum absolute atomic E-state index is 0.0144. The largest absolute Gasteiger partial charge is 0.393 e. The molecule has 2 aromatic rings. The maximum absolute atomic E-state index is 14.2. The molecule has 350 valence electrons. The minimum atomic E-state index is -1.05. The van der Waals surface area contributed by atoms with Crippen LogP contribution in [0, 0.1) is 0 Å². The molecule has 10 heteroatoms. The van der Waals surface area contributed by atoms with Crippen LogP contribution in [0.25, 0.3) is 11.1 Å². The van der Waals surface area contributed by atoms with Crippen molar-refractivity contribution >= 4 is 34.6 Å². The van der Waals surface area contributed by atoms with Crippen LogP contribution < -0.4 is 16.0 Å². The van der Waals surface area contributed by atoms with Gasteiger partial charge in [0.05, 0.1) is 43.1 Å². The fraction of sp³-hybridized carbons (Fsp3) is 0.566. The van der Waals surface area contributed by atoms with Crippen molar-refractivity contribution in [1.82, 2.24) is 15.2 Å². The van der Waals surface area contributed by atoms with E-state index in [9.17, 15) is 24.6 Å². The van der Waals surface area contributed by atoms with Gasteiger partial charge in [-0.25, -0.2) is 0 Å². The third-order valence-electron chi connectivity index (χ3n) is 11.1. The lowest BCUT2D eigenvalue weighted by atomic mass is 9.94. The first-order valence-corrected chi connectivity index (χ1v) is 23.8. The molecule has 0 bridgehead atoms. The molecule has 3 amide bonds. The number of amides is 3. The Morgan fingerprint density at radius 2 is 1.44 bits per heavy atom. The summed E-state index contributed by atoms with van der Waals surface area (Å²) in [6.07, 6.45) is 27.5. The van der Waals surface area contributed by atoms with Gasteiger partial charge < -0.3 is 35.5 Å². The molecule has 1 aromatic carbocycles. The molecule has 0 aliphatic heterocycles. The molecule has 0 fully saturated rings. The van der Waals surface area contributed by atoms with E-state index in [4.69, 9.17) is 4.74 Å². The van der Waals surface area contributed by atoms with E-state index in [1.54, 1.807) is 6.08 Å². The molecular formula is C53H82N4O6. The molecule has 0 aliphatic carbocycles. The van der Waals surface area contributed by atoms with Gasteiger partial charge in [0, 0.05) is 43.0 Å². The molecule has 0 radical (unpaired) electrons. The van der Waals surface area contributed by atoms with Crippen LogP contribution in [0.1, 0.15) is 178 Å². The number of hydrogen-bond acceptors (Lipinski definition) is 6. The lowest BCUT2D eigenvalue weighted by Crippen LogP contribution is -2.32. The topological polar surface area (TPSA) is 142 Å². The third-order valence-corrected chi connectivity index (χ3v) is 11.1. The summed E-state index contributed by atoms with van der Waals surface area (Å²) in [5.74, 6) is -0.572. The number of benzene rings is 1. The van der Waals surface area contributed by atoms with E-state index in [0.29, 0.717) is 37.4 Å². The van der Waals surface area contributed by atoms with Gasteiger partial charge >= 0.3 is 0 Å². The Hall–Kier alpha value is -4.51. The molecule has 1 heterocycles. The molecule has 0 spiro atoms. The van der Waals surface area contributed by atoms with Crippen LogP contribution in [0.4, 0.5) is 5.69 Å². The molecule has 5 N–H and O–H groups in total. The summed E-state index contributed by atoms with van der Waals surface area (Å²) < 4.78 is 7.70. The fourth-order valence-electron chi connectivity index (χ4n) is 7.74. The average Bonchev–Trinajstić information content (AvgIpc) is 3.61. The second-order valence-corrected chi connectivity index (χ2v) is 16.8. The number of rotatable bonds is 34. The van der Waals surface area contributed by atoms with Crippen LogP contribution in [0.3, 0.4) is 0 Å². The van der Waals surface area contributed by atoms with Crippen LogP contribution in [-0.4, -0.2) is 71.0 Å². The summed E-state index contributed by atoms with van der Waals surface area (Å²) in [7, 11) is 0. The number of ether oxygens (including phenoxy) is 1. The summed E-state index contributed by atoms with van der Waals surface area (Å²) >= 11 is 0. The van der Waals surface area contributed by atoms with Gasteiger partial charge in [-0.1, -0.05) is 133 Å². The quantitative estimate of drug-likeness (QED) is 0.0269. The number of unbranched alkanes of at least 4 members (excludes halogenated alkanes) is 10. The van der Waals surface area contributed by atoms with Crippen LogP contribution >= 0.6 is 0 Å². The molecular weight excluding hydrogens is 789 g/mol. The highest BCUT2D eigenvalue weighted by molar-refractivity contribution is 6.10. The number of aromatic nitrogens is 1. The minimum Gasteiger partial charge on any atom is -0.393 e. The Balaban J connectivity index is 1.81. The molecule has 0 saturated carbocycles. The van der Waals surface area contributed by atoms with E-state index in [1.807, 2.05) is 75.4 Å². The van der Waals surface area contributed by atoms with Gasteiger partial charge in [0.2, 0.25) is 11.8 Å². The Morgan fingerprint density at radius 3 is 2.05 bits per heavy atom. The van der Waals surface area contributed by atoms with Crippen LogP contribution in [-0.2, 0) is 20.9 Å². The summed E-state index contributed by atoms with van der Waals surface area (Å²) in [4.78, 5) is 39.0. The van der Waals surface area contributed by atoms with Gasteiger partial charge in [0.15, 0.2) is 0 Å². The number of nitrogens with zero attached hydrogens (tertiary/aromatic N) is 1. The lowest BCUT2D eigenvalue weighted by Gasteiger charge is -2.20. The average molecular weight is 871 g/mol. The van der Waals surface area contributed by atoms with E-state index in [-0.39, 0.29) is 56.1 Å². The number of hydrogen-bond donors (Lipinski definition) is 5. The van der Waals surface area contributed by atoms with Gasteiger partial charge in [-0.3, -0.25) is 14.4 Å². The predicted octanol–water partition coefficient (Wildman–Crippen LogP) is 11.2. The van der Waals surface area contributed by atoms with Crippen molar-refractivity contribution < 1.29 is 29.3 Å². The summed E-state index contributed by atoms with van der Waals surface area (Å²) in [6, 6.07) is 9.37. The molecule has 63 heavy (non-hydrogen) atoms. The first-order valence-electron chi connectivity index (χ1n) is 23.8. The Kier molecular flexibility index (Phi) is 28.7. The normalized spacial score (nSPS) is 13.2. The molecule has 2 unspecified atom stereocenters. The Morgan fingerprint density at radius 1 is 0.825 bits per heavy atom. The standard InChI is InChI=1S/C53H82N4O6/c1-8-12-13-14-15-16-17-18-19-20-21-22-23-27-32-47(60)54-34-37-63-38-35-55-48(61)40-46(59)39-45(58)33-36-57-51(41(5)6)50(53(62)56-44-30-25-24-26-31-44)49(42(7)11-4)52(57)43(28-9-2)29-10-3/h9-11,17-18,24-26,28-31,41,45-46,58-59H,2,8,12-16,19-23,27,32-40H2,1,3-7H3,(H,54,60)(H,55,61)(H,56,62). The Labute approximate surface area is 380 Å². The van der Waals surface area contributed by atoms with E-state index < -0.39 is 12.2 Å². The highest BCUT2D eigenvalue weighted by Crippen LogP contribution is 2.39. The molecule has 10 nitrogen and oxygen atoms in total. The van der Waals surface area contributed by atoms with E-state index >= 15 is 0 Å². The Bertz CT molecular complexity index is 1760. The summed E-state index contributed by atoms with van der Waals surface area (Å²) in [5.41, 5.74) is 5.58. The maximum Gasteiger partial charge on any atom is 0.258 e. The zero-order chi connectivity index (χ0) is 46.2. The summed E-state index contributed by atoms with van der Waals surface area (Å²) in [5, 5.41) is 30.7. The van der Waals surface area contributed by atoms with Crippen LogP contribution in [0.15, 0.2) is 79.4 Å². The SMILES string of the molecule is C=CC=C(C=CC)c1c(C(C)=CC)c(C(=O)Nc2ccccc2)c(C(C)C)n1CCC(O)CC(O)CC(=O)NCCOCCNC(=O)CCCCCCCC=CCCCCCCC. The molecule has 2 rings (SSSR count). The van der Waals surface area contributed by atoms with Crippen molar-refractivity contribution in [2.45, 2.75) is 169 Å². The number of carbonyl (C=O) groups is 3. The van der Waals surface area contributed by atoms with Crippen molar-refractivity contribution in [3.63, 3.8) is 0 Å². The van der Waals surface area contributed by atoms with Crippen molar-refractivity contribution in [1.29, 1.82) is 0 Å². The second kappa shape index (κ2) is 33.1. The number of carbonyl (C=O) groups excluding carboxylic acids is 3. The number of allylic oxidation sites excluding steroid dienone is 9. The van der Waals surface area contributed by atoms with Crippen LogP contribution in [0.2, 0.25) is 0 Å². The van der Waals surface area contributed by atoms with Gasteiger partial charge in [-0.2, -0.15) is 0 Å². The van der Waals surface area contributed by atoms with E-state index in [1.165, 1.54) is 51.4 Å². The second-order valence-electron chi connectivity index (χ2n) is 16.8. The van der Waals surface area contributed by atoms with E-state index in [0.717, 1.165) is 53.8 Å². The van der Waals surface area contributed by atoms with Crippen molar-refractivity contribution in [2.24, 2.45) is 0 Å². The van der Waals surface area contributed by atoms with Gasteiger partial charge in [0.25, 0.3) is 5.91 Å². The molecule has 0 aliphatic rings. The zero-order valence-corrected chi connectivity index (χ0v) is 39.7. The fourth-order valence-corrected chi connectivity index (χ4v) is 7.74. The number of para-hydroxylation sites is 1.